The molecule has 16 nitrogen and oxygen atoms in total. The molecule has 18 heteroatoms. The summed E-state index contributed by atoms with van der Waals surface area (Å²) in [5, 5.41) is 3.06. The lowest BCUT2D eigenvalue weighted by Crippen LogP contribution is -2.33. The highest BCUT2D eigenvalue weighted by Gasteiger charge is 2.27. The van der Waals surface area contributed by atoms with Crippen molar-refractivity contribution in [1.29, 1.82) is 0 Å². The number of benzene rings is 6. The number of likely N-dealkylation sites (N-methyl/N-ethyl adjacent to an activating group) is 2. The number of nitrogens with zero attached hydrogens (tertiary/aromatic N) is 4. The van der Waals surface area contributed by atoms with Crippen LogP contribution < -0.4 is 29.7 Å². The highest BCUT2D eigenvalue weighted by Crippen LogP contribution is 2.44. The van der Waals surface area contributed by atoms with Crippen LogP contribution in [0.1, 0.15) is 80.1 Å². The monoisotopic (exact) mass is 1130 g/mol. The predicted molar refractivity (Wildman–Crippen MR) is 314 cm³/mol. The topological polar surface area (TPSA) is 200 Å². The van der Waals surface area contributed by atoms with Gasteiger partial charge in [-0.3, -0.25) is 18.7 Å². The molecule has 0 bridgehead atoms. The second kappa shape index (κ2) is 26.3. The van der Waals surface area contributed by atoms with E-state index in [9.17, 15) is 35.5 Å². The van der Waals surface area contributed by atoms with Crippen LogP contribution in [0, 0.1) is 0 Å². The zero-order valence-corrected chi connectivity index (χ0v) is 48.1. The molecule has 4 aromatic rings. The van der Waals surface area contributed by atoms with Gasteiger partial charge in [0.1, 0.15) is 58.8 Å². The summed E-state index contributed by atoms with van der Waals surface area (Å²) in [6.07, 6.45) is 3.24. The van der Waals surface area contributed by atoms with Gasteiger partial charge in [-0.25, -0.2) is 9.15 Å². The second-order valence-corrected chi connectivity index (χ2v) is 22.3. The summed E-state index contributed by atoms with van der Waals surface area (Å²) in [6.45, 7) is 17.9. The van der Waals surface area contributed by atoms with Gasteiger partial charge in [0.25, 0.3) is 20.2 Å². The minimum atomic E-state index is -4.56. The average molecular weight is 1130 g/mol. The zero-order chi connectivity index (χ0) is 57.1. The van der Waals surface area contributed by atoms with Crippen molar-refractivity contribution in [2.45, 2.75) is 89.9 Å². The third kappa shape index (κ3) is 13.4. The molecule has 0 saturated carbocycles. The van der Waals surface area contributed by atoms with E-state index in [2.05, 4.69) is 46.6 Å². The smallest absolute Gasteiger partial charge is 0.306 e. The minimum Gasteiger partial charge on any atom is -0.459 e. The van der Waals surface area contributed by atoms with Crippen LogP contribution in [0.5, 0.6) is 0 Å². The Kier molecular flexibility index (Phi) is 19.3. The lowest BCUT2D eigenvalue weighted by Gasteiger charge is -2.22. The summed E-state index contributed by atoms with van der Waals surface area (Å²) >= 11 is 0. The number of hydrogen-bond donors (Lipinski definition) is 2. The Balaban J connectivity index is 0.856. The molecule has 8 rings (SSSR count). The molecular formula is C62H72N4O12S2+2. The molecule has 80 heavy (non-hydrogen) atoms. The number of carbonyl (C=O) groups excluding carboxylic acids is 2. The van der Waals surface area contributed by atoms with E-state index in [1.54, 1.807) is 36.4 Å². The quantitative estimate of drug-likeness (QED) is 0.0180. The zero-order valence-electron chi connectivity index (χ0n) is 46.4. The second-order valence-electron chi connectivity index (χ2n) is 19.5. The van der Waals surface area contributed by atoms with Crippen molar-refractivity contribution < 1.29 is 53.8 Å². The van der Waals surface area contributed by atoms with Gasteiger partial charge in [0.05, 0.1) is 12.1 Å². The fourth-order valence-electron chi connectivity index (χ4n) is 10.6. The first kappa shape index (κ1) is 58.8. The molecule has 4 aromatic carbocycles. The summed E-state index contributed by atoms with van der Waals surface area (Å²) < 4.78 is 99.6. The molecule has 2 aliphatic carbocycles. The van der Waals surface area contributed by atoms with Crippen molar-refractivity contribution >= 4 is 65.5 Å². The van der Waals surface area contributed by atoms with Gasteiger partial charge < -0.3 is 28.1 Å². The first-order valence-electron chi connectivity index (χ1n) is 27.6. The molecule has 2 heterocycles. The number of carbonyl (C=O) groups is 2. The summed E-state index contributed by atoms with van der Waals surface area (Å²) in [4.78, 5) is 29.7. The third-order valence-corrected chi connectivity index (χ3v) is 16.6. The van der Waals surface area contributed by atoms with Gasteiger partial charge in [-0.2, -0.15) is 16.8 Å². The summed E-state index contributed by atoms with van der Waals surface area (Å²) in [5.74, 6) is 0.450. The maximum absolute atomic E-state index is 12.8. The van der Waals surface area contributed by atoms with E-state index in [1.165, 1.54) is 12.1 Å². The number of ether oxygens (including phenoxy) is 2. The molecule has 0 amide bonds. The van der Waals surface area contributed by atoms with Crippen LogP contribution in [-0.4, -0.2) is 103 Å². The number of fused-ring (bicyclic) bond motifs is 4. The van der Waals surface area contributed by atoms with Gasteiger partial charge in [0, 0.05) is 119 Å². The molecule has 0 fully saturated rings. The summed E-state index contributed by atoms with van der Waals surface area (Å²) in [5.41, 5.74) is 6.35. The molecule has 0 unspecified atom stereocenters. The Hall–Kier alpha value is -7.38. The van der Waals surface area contributed by atoms with Crippen molar-refractivity contribution in [2.75, 3.05) is 75.4 Å². The highest BCUT2D eigenvalue weighted by molar-refractivity contribution is 7.86. The van der Waals surface area contributed by atoms with Crippen molar-refractivity contribution in [3.63, 3.8) is 0 Å². The van der Waals surface area contributed by atoms with Gasteiger partial charge >= 0.3 is 11.9 Å². The Morgan fingerprint density at radius 3 is 1.24 bits per heavy atom. The third-order valence-electron chi connectivity index (χ3n) is 14.8. The van der Waals surface area contributed by atoms with Gasteiger partial charge in [-0.1, -0.05) is 49.2 Å². The lowest BCUT2D eigenvalue weighted by molar-refractivity contribution is -0.144. The Morgan fingerprint density at radius 1 is 0.487 bits per heavy atom. The number of rotatable bonds is 25. The van der Waals surface area contributed by atoms with E-state index in [-0.39, 0.29) is 47.8 Å². The van der Waals surface area contributed by atoms with Gasteiger partial charge in [-0.05, 0) is 103 Å². The standard InChI is InChI=1S/C62H70N4O12S2/c1-7-63(8-2)43-27-31-47-53(39-43)77-55-41-45(29-33-49(55)61(47)51-21-17-19-23-57(51)79(69,70)71)65(11-5)35-37-75-59(67)25-15-13-14-16-26-60(68)76-38-36-66(12-6)46-30-34-50-56(42-46)78-54-40-44(64(9-3)10-4)28-32-48(54)62(50)52-22-18-20-24-58(52)80(72,73)74/h17-24,27-34,39-42H,7-16,25-26,35-38H2,1-6H3/p+2. The van der Waals surface area contributed by atoms with Crippen LogP contribution in [-0.2, 0) is 39.3 Å². The van der Waals surface area contributed by atoms with Crippen LogP contribution in [0.3, 0.4) is 0 Å². The maximum Gasteiger partial charge on any atom is 0.306 e. The Bertz CT molecular complexity index is 3590. The fourth-order valence-corrected chi connectivity index (χ4v) is 12.0. The number of unbranched alkanes of at least 4 members (excludes halogenated alkanes) is 3. The van der Waals surface area contributed by atoms with Gasteiger partial charge in [0.2, 0.25) is 10.7 Å². The minimum absolute atomic E-state index is 0.169. The Labute approximate surface area is 468 Å². The molecule has 0 radical (unpaired) electrons. The van der Waals surface area contributed by atoms with E-state index < -0.39 is 20.2 Å². The van der Waals surface area contributed by atoms with Crippen molar-refractivity contribution in [2.24, 2.45) is 0 Å². The average Bonchev–Trinajstić information content (AvgIpc) is 3.62. The first-order chi connectivity index (χ1) is 38.5. The normalized spacial score (nSPS) is 12.8. The molecule has 422 valence electrons. The van der Waals surface area contributed by atoms with E-state index in [4.69, 9.17) is 18.3 Å². The molecular weight excluding hydrogens is 1060 g/mol. The molecule has 2 N–H and O–H groups in total. The van der Waals surface area contributed by atoms with E-state index >= 15 is 0 Å². The molecule has 2 aliphatic heterocycles. The molecule has 4 aliphatic rings. The number of hydrogen-bond acceptors (Lipinski definition) is 12. The van der Waals surface area contributed by atoms with Crippen LogP contribution in [0.15, 0.2) is 140 Å². The molecule has 0 aromatic heterocycles. The van der Waals surface area contributed by atoms with Crippen molar-refractivity contribution in [1.82, 2.24) is 9.15 Å². The summed E-state index contributed by atoms with van der Waals surface area (Å²) in [7, 11) is -9.12. The van der Waals surface area contributed by atoms with E-state index in [0.717, 1.165) is 61.1 Å². The lowest BCUT2D eigenvalue weighted by atomic mass is 9.93. The van der Waals surface area contributed by atoms with Crippen molar-refractivity contribution in [3.8, 4) is 44.9 Å². The molecule has 0 saturated heterocycles. The fraction of sp³-hybridized carbons (Fsp3) is 0.355. The van der Waals surface area contributed by atoms with E-state index in [0.29, 0.717) is 106 Å². The van der Waals surface area contributed by atoms with Crippen LogP contribution >= 0.6 is 0 Å². The SMILES string of the molecule is CCN(CC)c1ccc2c(-c3ccccc3S(=O)(=O)O)c3ccc(=[N+](CC)CCOC(=O)CCCCCCC(=O)OCC[N+](CC)=c4ccc5c(-c6ccccc6S(=O)(=O)O)c6ccc(N(CC)CC)cc6oc-5c4)cc-3oc2c1. The van der Waals surface area contributed by atoms with E-state index in [1.807, 2.05) is 86.6 Å². The van der Waals surface area contributed by atoms with Gasteiger partial charge in [0.15, 0.2) is 13.1 Å². The number of anilines is 2. The van der Waals surface area contributed by atoms with Crippen LogP contribution in [0.25, 0.3) is 66.8 Å². The first-order valence-corrected chi connectivity index (χ1v) is 30.5. The number of esters is 2. The van der Waals surface area contributed by atoms with Crippen molar-refractivity contribution in [3.05, 3.63) is 132 Å². The van der Waals surface area contributed by atoms with Crippen LogP contribution in [0.4, 0.5) is 11.4 Å². The molecule has 0 spiro atoms. The summed E-state index contributed by atoms with van der Waals surface area (Å²) in [6, 6.07) is 36.0. The molecule has 0 atom stereocenters. The largest absolute Gasteiger partial charge is 0.459 e. The predicted octanol–water partition coefficient (Wildman–Crippen LogP) is 10.6. The Morgan fingerprint density at radius 2 is 0.875 bits per heavy atom. The van der Waals surface area contributed by atoms with Gasteiger partial charge in [-0.15, -0.1) is 0 Å². The highest BCUT2D eigenvalue weighted by atomic mass is 32.2. The maximum atomic E-state index is 12.8. The van der Waals surface area contributed by atoms with Crippen LogP contribution in [0.2, 0.25) is 0 Å².